The van der Waals surface area contributed by atoms with E-state index in [1.54, 1.807) is 6.33 Å². The van der Waals surface area contributed by atoms with Crippen LogP contribution in [0.25, 0.3) is 0 Å². The number of aromatic nitrogens is 3. The molecular weight excluding hydrogens is 220 g/mol. The topological polar surface area (TPSA) is 42.7 Å². The number of nitrogens with zero attached hydrogens (tertiary/aromatic N) is 3. The van der Waals surface area contributed by atoms with E-state index >= 15 is 0 Å². The number of hydrogen-bond acceptors (Lipinski definition) is 4. The standard InChI is InChI=1S/C11H20N4S/c1-11(2)6-5-8(9(11)12-3)16-10-13-7-14-15(10)4/h7-9,12H,5-6H2,1-4H3. The molecule has 0 aliphatic heterocycles. The van der Waals surface area contributed by atoms with Crippen LogP contribution in [0.2, 0.25) is 0 Å². The summed E-state index contributed by atoms with van der Waals surface area (Å²) in [6, 6.07) is 0.550. The van der Waals surface area contributed by atoms with E-state index in [4.69, 9.17) is 0 Å². The first-order valence-electron chi connectivity index (χ1n) is 5.72. The van der Waals surface area contributed by atoms with Gasteiger partial charge in [0.15, 0.2) is 5.16 Å². The summed E-state index contributed by atoms with van der Waals surface area (Å²) in [6.45, 7) is 4.68. The van der Waals surface area contributed by atoms with Gasteiger partial charge in [0.2, 0.25) is 0 Å². The molecule has 0 amide bonds. The number of nitrogens with one attached hydrogen (secondary N) is 1. The largest absolute Gasteiger partial charge is 0.315 e. The molecule has 0 aromatic carbocycles. The molecule has 1 aromatic heterocycles. The number of rotatable bonds is 3. The molecule has 0 saturated heterocycles. The summed E-state index contributed by atoms with van der Waals surface area (Å²) in [4.78, 5) is 4.28. The van der Waals surface area contributed by atoms with Gasteiger partial charge in [0.05, 0.1) is 0 Å². The molecule has 1 saturated carbocycles. The molecule has 0 bridgehead atoms. The third-order valence-electron chi connectivity index (χ3n) is 3.52. The summed E-state index contributed by atoms with van der Waals surface area (Å²) in [5.74, 6) is 0. The van der Waals surface area contributed by atoms with Crippen molar-refractivity contribution in [2.24, 2.45) is 12.5 Å². The van der Waals surface area contributed by atoms with Gasteiger partial charge in [-0.05, 0) is 25.3 Å². The Labute approximate surface area is 101 Å². The van der Waals surface area contributed by atoms with Crippen molar-refractivity contribution in [2.75, 3.05) is 7.05 Å². The molecule has 1 aromatic rings. The van der Waals surface area contributed by atoms with Crippen LogP contribution in [0.3, 0.4) is 0 Å². The van der Waals surface area contributed by atoms with Crippen LogP contribution in [0, 0.1) is 5.41 Å². The highest BCUT2D eigenvalue weighted by atomic mass is 32.2. The Morgan fingerprint density at radius 3 is 2.88 bits per heavy atom. The van der Waals surface area contributed by atoms with Gasteiger partial charge < -0.3 is 5.32 Å². The van der Waals surface area contributed by atoms with E-state index in [9.17, 15) is 0 Å². The fraction of sp³-hybridized carbons (Fsp3) is 0.818. The Bertz CT molecular complexity index is 361. The second-order valence-corrected chi connectivity index (χ2v) is 6.32. The monoisotopic (exact) mass is 240 g/mol. The molecule has 1 fully saturated rings. The highest BCUT2D eigenvalue weighted by Crippen LogP contribution is 2.44. The first-order chi connectivity index (χ1) is 7.54. The average molecular weight is 240 g/mol. The van der Waals surface area contributed by atoms with Gasteiger partial charge in [-0.3, -0.25) is 0 Å². The molecular formula is C11H20N4S. The predicted octanol–water partition coefficient (Wildman–Crippen LogP) is 1.68. The lowest BCUT2D eigenvalue weighted by atomic mass is 9.87. The molecule has 1 heterocycles. The third-order valence-corrected chi connectivity index (χ3v) is 4.92. The maximum Gasteiger partial charge on any atom is 0.186 e. The average Bonchev–Trinajstić information content (AvgIpc) is 2.73. The minimum Gasteiger partial charge on any atom is -0.315 e. The van der Waals surface area contributed by atoms with Gasteiger partial charge >= 0.3 is 0 Å². The van der Waals surface area contributed by atoms with Crippen molar-refractivity contribution in [3.8, 4) is 0 Å². The highest BCUT2D eigenvalue weighted by molar-refractivity contribution is 7.99. The molecule has 16 heavy (non-hydrogen) atoms. The van der Waals surface area contributed by atoms with E-state index in [1.807, 2.05) is 23.5 Å². The molecule has 2 rings (SSSR count). The molecule has 90 valence electrons. The summed E-state index contributed by atoms with van der Waals surface area (Å²) < 4.78 is 1.85. The van der Waals surface area contributed by atoms with Gasteiger partial charge in [-0.2, -0.15) is 5.10 Å². The second-order valence-electron chi connectivity index (χ2n) is 5.12. The zero-order valence-electron chi connectivity index (χ0n) is 10.4. The fourth-order valence-electron chi connectivity index (χ4n) is 2.57. The van der Waals surface area contributed by atoms with Gasteiger partial charge in [0.25, 0.3) is 0 Å². The molecule has 0 spiro atoms. The van der Waals surface area contributed by atoms with Crippen molar-refractivity contribution in [2.45, 2.75) is 43.1 Å². The van der Waals surface area contributed by atoms with Crippen LogP contribution >= 0.6 is 11.8 Å². The van der Waals surface area contributed by atoms with Crippen molar-refractivity contribution >= 4 is 11.8 Å². The van der Waals surface area contributed by atoms with Gasteiger partial charge in [0.1, 0.15) is 6.33 Å². The van der Waals surface area contributed by atoms with E-state index in [2.05, 4.69) is 36.3 Å². The smallest absolute Gasteiger partial charge is 0.186 e. The van der Waals surface area contributed by atoms with Crippen LogP contribution in [0.15, 0.2) is 11.5 Å². The zero-order valence-corrected chi connectivity index (χ0v) is 11.2. The molecule has 5 heteroatoms. The first kappa shape index (κ1) is 11.9. The van der Waals surface area contributed by atoms with Gasteiger partial charge in [-0.15, -0.1) is 0 Å². The lowest BCUT2D eigenvalue weighted by molar-refractivity contribution is 0.300. The second kappa shape index (κ2) is 4.37. The van der Waals surface area contributed by atoms with Crippen molar-refractivity contribution < 1.29 is 0 Å². The van der Waals surface area contributed by atoms with Crippen molar-refractivity contribution in [3.63, 3.8) is 0 Å². The lowest BCUT2D eigenvalue weighted by Crippen LogP contribution is -2.41. The minimum atomic E-state index is 0.380. The summed E-state index contributed by atoms with van der Waals surface area (Å²) in [7, 11) is 4.01. The van der Waals surface area contributed by atoms with Crippen molar-refractivity contribution in [1.29, 1.82) is 0 Å². The lowest BCUT2D eigenvalue weighted by Gasteiger charge is -2.29. The Hall–Kier alpha value is -0.550. The molecule has 2 unspecified atom stereocenters. The van der Waals surface area contributed by atoms with Crippen molar-refractivity contribution in [3.05, 3.63) is 6.33 Å². The number of aryl methyl sites for hydroxylation is 1. The van der Waals surface area contributed by atoms with Gasteiger partial charge in [0, 0.05) is 18.3 Å². The summed E-state index contributed by atoms with van der Waals surface area (Å²) in [5, 5.41) is 9.18. The molecule has 1 aliphatic rings. The maximum absolute atomic E-state index is 4.28. The first-order valence-corrected chi connectivity index (χ1v) is 6.60. The van der Waals surface area contributed by atoms with Gasteiger partial charge in [-0.1, -0.05) is 25.6 Å². The van der Waals surface area contributed by atoms with Crippen molar-refractivity contribution in [1.82, 2.24) is 20.1 Å². The van der Waals surface area contributed by atoms with Crippen LogP contribution in [-0.4, -0.2) is 33.1 Å². The van der Waals surface area contributed by atoms with Crippen LogP contribution < -0.4 is 5.32 Å². The molecule has 1 N–H and O–H groups in total. The molecule has 4 nitrogen and oxygen atoms in total. The Balaban J connectivity index is 2.09. The predicted molar refractivity (Wildman–Crippen MR) is 66.5 cm³/mol. The molecule has 1 aliphatic carbocycles. The fourth-order valence-corrected chi connectivity index (χ4v) is 4.03. The normalized spacial score (nSPS) is 28.5. The molecule has 2 atom stereocenters. The molecule has 0 radical (unpaired) electrons. The third kappa shape index (κ3) is 2.11. The van der Waals surface area contributed by atoms with E-state index in [1.165, 1.54) is 12.8 Å². The van der Waals surface area contributed by atoms with E-state index in [-0.39, 0.29) is 0 Å². The summed E-state index contributed by atoms with van der Waals surface area (Å²) in [5.41, 5.74) is 0.380. The quantitative estimate of drug-likeness (QED) is 0.873. The highest BCUT2D eigenvalue weighted by Gasteiger charge is 2.41. The zero-order chi connectivity index (χ0) is 11.8. The maximum atomic E-state index is 4.28. The Morgan fingerprint density at radius 1 is 1.56 bits per heavy atom. The minimum absolute atomic E-state index is 0.380. The van der Waals surface area contributed by atoms with Crippen LogP contribution in [-0.2, 0) is 7.05 Å². The Kier molecular flexibility index (Phi) is 3.26. The summed E-state index contributed by atoms with van der Waals surface area (Å²) >= 11 is 1.85. The number of hydrogen-bond donors (Lipinski definition) is 1. The van der Waals surface area contributed by atoms with E-state index < -0.39 is 0 Å². The van der Waals surface area contributed by atoms with E-state index in [0.717, 1.165) is 5.16 Å². The van der Waals surface area contributed by atoms with Crippen LogP contribution in [0.4, 0.5) is 0 Å². The van der Waals surface area contributed by atoms with E-state index in [0.29, 0.717) is 16.7 Å². The Morgan fingerprint density at radius 2 is 2.31 bits per heavy atom. The summed E-state index contributed by atoms with van der Waals surface area (Å²) in [6.07, 6.45) is 4.14. The van der Waals surface area contributed by atoms with Crippen LogP contribution in [0.5, 0.6) is 0 Å². The van der Waals surface area contributed by atoms with Gasteiger partial charge in [-0.25, -0.2) is 9.67 Å². The SMILES string of the molecule is CNC1C(Sc2ncnn2C)CCC1(C)C. The van der Waals surface area contributed by atoms with Crippen LogP contribution in [0.1, 0.15) is 26.7 Å². The number of thioether (sulfide) groups is 1.